The van der Waals surface area contributed by atoms with Crippen LogP contribution >= 0.6 is 0 Å². The highest BCUT2D eigenvalue weighted by molar-refractivity contribution is 6.04. The summed E-state index contributed by atoms with van der Waals surface area (Å²) in [5.41, 5.74) is 3.00. The fourth-order valence-electron chi connectivity index (χ4n) is 4.96. The van der Waals surface area contributed by atoms with Crippen molar-refractivity contribution in [1.29, 1.82) is 0 Å². The molecule has 1 N–H and O–H groups in total. The quantitative estimate of drug-likeness (QED) is 0.290. The molecule has 5 rings (SSSR count). The van der Waals surface area contributed by atoms with Crippen LogP contribution in [0, 0.1) is 5.82 Å². The number of ether oxygens (including phenoxy) is 2. The fourth-order valence-corrected chi connectivity index (χ4v) is 4.96. The average molecular weight is 535 g/mol. The van der Waals surface area contributed by atoms with Gasteiger partial charge in [0.25, 0.3) is 5.91 Å². The Labute approximate surface area is 231 Å². The van der Waals surface area contributed by atoms with Crippen molar-refractivity contribution in [2.24, 2.45) is 0 Å². The molecule has 0 bridgehead atoms. The Kier molecular flexibility index (Phi) is 9.07. The first kappa shape index (κ1) is 28.0. The number of aryl methyl sites for hydroxylation is 1. The van der Waals surface area contributed by atoms with Gasteiger partial charge < -0.3 is 24.3 Å². The van der Waals surface area contributed by atoms with E-state index in [1.54, 1.807) is 24.3 Å². The van der Waals surface area contributed by atoms with E-state index >= 15 is 4.39 Å². The van der Waals surface area contributed by atoms with Gasteiger partial charge in [-0.3, -0.25) is 4.79 Å². The van der Waals surface area contributed by atoms with Crippen LogP contribution in [0.15, 0.2) is 54.7 Å². The molecule has 208 valence electrons. The number of para-hydroxylation sites is 1. The van der Waals surface area contributed by atoms with E-state index in [-0.39, 0.29) is 13.2 Å². The molecule has 2 aromatic heterocycles. The van der Waals surface area contributed by atoms with Crippen molar-refractivity contribution in [1.82, 2.24) is 14.9 Å². The van der Waals surface area contributed by atoms with Gasteiger partial charge in [-0.25, -0.2) is 9.37 Å². The minimum absolute atomic E-state index is 0. The van der Waals surface area contributed by atoms with E-state index in [0.29, 0.717) is 67.1 Å². The van der Waals surface area contributed by atoms with Crippen LogP contribution in [0.1, 0.15) is 45.2 Å². The van der Waals surface area contributed by atoms with Crippen LogP contribution < -0.4 is 14.4 Å². The SMILES string of the molecule is CC.CCOc1cccnc1N1CCN(C(=O)c2cc3c(-c4ccccc4OC)cc(CC)c(F)c3[nH]2)CC1.[HH]. The topological polar surface area (TPSA) is 70.7 Å². The molecule has 0 atom stereocenters. The van der Waals surface area contributed by atoms with Gasteiger partial charge in [-0.05, 0) is 54.8 Å². The number of aromatic nitrogens is 2. The Balaban J connectivity index is 0.00000144. The lowest BCUT2D eigenvalue weighted by molar-refractivity contribution is 0.0741. The lowest BCUT2D eigenvalue weighted by Crippen LogP contribution is -2.49. The van der Waals surface area contributed by atoms with E-state index in [1.807, 2.05) is 70.2 Å². The first-order valence-corrected chi connectivity index (χ1v) is 13.6. The van der Waals surface area contributed by atoms with Crippen LogP contribution in [-0.2, 0) is 6.42 Å². The normalized spacial score (nSPS) is 13.2. The molecule has 0 aliphatic carbocycles. The van der Waals surface area contributed by atoms with Crippen molar-refractivity contribution < 1.29 is 20.1 Å². The fraction of sp³-hybridized carbons (Fsp3) is 0.355. The van der Waals surface area contributed by atoms with Gasteiger partial charge in [0.15, 0.2) is 11.6 Å². The monoisotopic (exact) mass is 534 g/mol. The minimum Gasteiger partial charge on any atom is -0.496 e. The predicted molar refractivity (Wildman–Crippen MR) is 157 cm³/mol. The zero-order chi connectivity index (χ0) is 27.9. The molecule has 1 amide bonds. The lowest BCUT2D eigenvalue weighted by Gasteiger charge is -2.35. The number of hydrogen-bond donors (Lipinski definition) is 1. The number of halogens is 1. The Bertz CT molecular complexity index is 1430. The van der Waals surface area contributed by atoms with Crippen LogP contribution in [0.5, 0.6) is 11.5 Å². The van der Waals surface area contributed by atoms with E-state index in [2.05, 4.69) is 14.9 Å². The van der Waals surface area contributed by atoms with E-state index in [4.69, 9.17) is 9.47 Å². The molecule has 0 unspecified atom stereocenters. The van der Waals surface area contributed by atoms with E-state index in [1.165, 1.54) is 0 Å². The lowest BCUT2D eigenvalue weighted by atomic mass is 9.96. The zero-order valence-electron chi connectivity index (χ0n) is 23.4. The summed E-state index contributed by atoms with van der Waals surface area (Å²) in [4.78, 5) is 25.0. The standard InChI is InChI=1S/C29H31FN4O3.C2H6.H2/c1-4-19-17-21(20-9-6-7-10-24(20)36-3)22-18-23(32-27(22)26(19)30)29(35)34-15-13-33(14-16-34)28-25(37-5-2)11-8-12-31-28;1-2;/h6-12,17-18,32H,4-5,13-16H2,1-3H3;1-2H3;1H. The number of carbonyl (C=O) groups is 1. The van der Waals surface area contributed by atoms with Gasteiger partial charge in [-0.2, -0.15) is 0 Å². The van der Waals surface area contributed by atoms with Gasteiger partial charge in [-0.1, -0.05) is 39.0 Å². The molecule has 2 aromatic carbocycles. The highest BCUT2D eigenvalue weighted by Crippen LogP contribution is 2.38. The highest BCUT2D eigenvalue weighted by Gasteiger charge is 2.27. The molecule has 39 heavy (non-hydrogen) atoms. The third-order valence-corrected chi connectivity index (χ3v) is 6.85. The van der Waals surface area contributed by atoms with Crippen molar-refractivity contribution in [3.8, 4) is 22.6 Å². The predicted octanol–water partition coefficient (Wildman–Crippen LogP) is 6.57. The van der Waals surface area contributed by atoms with Crippen molar-refractivity contribution in [3.05, 3.63) is 71.8 Å². The smallest absolute Gasteiger partial charge is 0.270 e. The second-order valence-corrected chi connectivity index (χ2v) is 8.96. The molecule has 1 saturated heterocycles. The van der Waals surface area contributed by atoms with Crippen molar-refractivity contribution >= 4 is 22.6 Å². The average Bonchev–Trinajstić information content (AvgIpc) is 3.45. The number of benzene rings is 2. The van der Waals surface area contributed by atoms with E-state index in [0.717, 1.165) is 22.7 Å². The molecule has 0 radical (unpaired) electrons. The molecule has 1 aliphatic rings. The zero-order valence-corrected chi connectivity index (χ0v) is 23.4. The third-order valence-electron chi connectivity index (χ3n) is 6.85. The number of aromatic amines is 1. The number of H-pyrrole nitrogens is 1. The maximum Gasteiger partial charge on any atom is 0.270 e. The van der Waals surface area contributed by atoms with Gasteiger partial charge >= 0.3 is 0 Å². The Morgan fingerprint density at radius 1 is 1.03 bits per heavy atom. The summed E-state index contributed by atoms with van der Waals surface area (Å²) in [6.45, 7) is 10.7. The number of anilines is 1. The number of methoxy groups -OCH3 is 1. The maximum absolute atomic E-state index is 15.4. The molecule has 3 heterocycles. The maximum atomic E-state index is 15.4. The number of nitrogens with one attached hydrogen (secondary N) is 1. The molecular formula is C31H39FN4O3. The second-order valence-electron chi connectivity index (χ2n) is 8.96. The van der Waals surface area contributed by atoms with Crippen LogP contribution in [0.3, 0.4) is 0 Å². The number of rotatable bonds is 7. The van der Waals surface area contributed by atoms with Crippen LogP contribution in [-0.4, -0.2) is 60.7 Å². The number of fused-ring (bicyclic) bond motifs is 1. The Morgan fingerprint density at radius 3 is 2.44 bits per heavy atom. The van der Waals surface area contributed by atoms with E-state index in [9.17, 15) is 4.79 Å². The number of pyridine rings is 1. The molecule has 7 nitrogen and oxygen atoms in total. The first-order chi connectivity index (χ1) is 19.0. The summed E-state index contributed by atoms with van der Waals surface area (Å²) in [5, 5.41) is 0.663. The number of piperazine rings is 1. The van der Waals surface area contributed by atoms with Gasteiger partial charge in [0.2, 0.25) is 0 Å². The third kappa shape index (κ3) is 5.55. The van der Waals surface area contributed by atoms with Crippen molar-refractivity contribution in [3.63, 3.8) is 0 Å². The first-order valence-electron chi connectivity index (χ1n) is 13.6. The molecule has 8 heteroatoms. The highest BCUT2D eigenvalue weighted by atomic mass is 19.1. The van der Waals surface area contributed by atoms with Gasteiger partial charge in [0.05, 0.1) is 19.2 Å². The van der Waals surface area contributed by atoms with Gasteiger partial charge in [0.1, 0.15) is 17.3 Å². The van der Waals surface area contributed by atoms with E-state index < -0.39 is 0 Å². The molecule has 1 fully saturated rings. The van der Waals surface area contributed by atoms with Gasteiger partial charge in [-0.15, -0.1) is 0 Å². The second kappa shape index (κ2) is 12.7. The Hall–Kier alpha value is -4.07. The van der Waals surface area contributed by atoms with Crippen LogP contribution in [0.2, 0.25) is 0 Å². The summed E-state index contributed by atoms with van der Waals surface area (Å²) in [7, 11) is 1.62. The van der Waals surface area contributed by atoms with Crippen LogP contribution in [0.25, 0.3) is 22.0 Å². The minimum atomic E-state index is -0.321. The summed E-state index contributed by atoms with van der Waals surface area (Å²) < 4.78 is 26.7. The Morgan fingerprint density at radius 2 is 1.74 bits per heavy atom. The number of carbonyl (C=O) groups excluding carboxylic acids is 1. The molecular weight excluding hydrogens is 495 g/mol. The number of nitrogens with zero attached hydrogens (tertiary/aromatic N) is 3. The molecule has 0 spiro atoms. The number of amides is 1. The molecule has 0 saturated carbocycles. The summed E-state index contributed by atoms with van der Waals surface area (Å²) in [5.74, 6) is 1.76. The largest absolute Gasteiger partial charge is 0.496 e. The molecule has 4 aromatic rings. The number of hydrogen-bond acceptors (Lipinski definition) is 5. The van der Waals surface area contributed by atoms with Gasteiger partial charge in [0, 0.05) is 44.8 Å². The van der Waals surface area contributed by atoms with Crippen molar-refractivity contribution in [2.45, 2.75) is 34.1 Å². The van der Waals surface area contributed by atoms with Crippen molar-refractivity contribution in [2.75, 3.05) is 44.8 Å². The summed E-state index contributed by atoms with van der Waals surface area (Å²) in [6, 6.07) is 15.0. The molecule has 1 aliphatic heterocycles. The summed E-state index contributed by atoms with van der Waals surface area (Å²) in [6.07, 6.45) is 2.28. The summed E-state index contributed by atoms with van der Waals surface area (Å²) >= 11 is 0. The van der Waals surface area contributed by atoms with Crippen LogP contribution in [0.4, 0.5) is 10.2 Å².